The maximum Gasteiger partial charge on any atom is 0.324 e. The topological polar surface area (TPSA) is 78.4 Å². The van der Waals surface area contributed by atoms with Gasteiger partial charge in [-0.2, -0.15) is 0 Å². The summed E-state index contributed by atoms with van der Waals surface area (Å²) in [5.74, 6) is 0.428. The van der Waals surface area contributed by atoms with E-state index in [0.29, 0.717) is 34.4 Å². The molecule has 3 amide bonds. The van der Waals surface area contributed by atoms with Gasteiger partial charge in [0.1, 0.15) is 0 Å². The van der Waals surface area contributed by atoms with E-state index in [0.717, 1.165) is 13.1 Å². The van der Waals surface area contributed by atoms with Crippen LogP contribution in [0.2, 0.25) is 5.02 Å². The molecule has 7 nitrogen and oxygen atoms in total. The van der Waals surface area contributed by atoms with Crippen LogP contribution in [0.15, 0.2) is 36.8 Å². The van der Waals surface area contributed by atoms with E-state index in [-0.39, 0.29) is 18.5 Å². The Balaban J connectivity index is 1.39. The zero-order chi connectivity index (χ0) is 18.8. The molecule has 2 aromatic heterocycles. The van der Waals surface area contributed by atoms with Crippen molar-refractivity contribution in [3.8, 4) is 0 Å². The summed E-state index contributed by atoms with van der Waals surface area (Å²) < 4.78 is 0. The van der Waals surface area contributed by atoms with Crippen molar-refractivity contribution in [3.63, 3.8) is 0 Å². The highest BCUT2D eigenvalue weighted by molar-refractivity contribution is 6.31. The Labute approximate surface area is 162 Å². The van der Waals surface area contributed by atoms with Crippen LogP contribution in [0.4, 0.5) is 10.5 Å². The zero-order valence-electron chi connectivity index (χ0n) is 14.8. The van der Waals surface area contributed by atoms with Gasteiger partial charge in [-0.25, -0.2) is 4.79 Å². The normalized spacial score (nSPS) is 16.7. The molecule has 4 rings (SSSR count). The fraction of sp³-hybridized carbons (Fsp3) is 0.368. The summed E-state index contributed by atoms with van der Waals surface area (Å²) >= 11 is 6.34. The molecular formula is C19H20ClN5O2. The van der Waals surface area contributed by atoms with Crippen molar-refractivity contribution in [1.82, 2.24) is 20.2 Å². The molecule has 1 saturated heterocycles. The SMILES string of the molecule is O=C(NCc1ncc(N2CCN(CC3CC3)C2=O)cc1Cl)c1cccnc1. The predicted molar refractivity (Wildman–Crippen MR) is 102 cm³/mol. The standard InChI is InChI=1S/C19H20ClN5O2/c20-16-8-15(25-7-6-24(19(25)27)12-13-3-4-13)10-22-17(16)11-23-18(26)14-2-1-5-21-9-14/h1-2,5,8-10,13H,3-4,6-7,11-12H2,(H,23,26). The molecule has 27 heavy (non-hydrogen) atoms. The summed E-state index contributed by atoms with van der Waals surface area (Å²) in [7, 11) is 0. The number of hydrogen-bond acceptors (Lipinski definition) is 4. The number of nitrogens with one attached hydrogen (secondary N) is 1. The molecule has 2 fully saturated rings. The summed E-state index contributed by atoms with van der Waals surface area (Å²) in [6, 6.07) is 5.14. The second-order valence-corrected chi connectivity index (χ2v) is 7.28. The number of urea groups is 1. The molecule has 0 spiro atoms. The Hall–Kier alpha value is -2.67. The largest absolute Gasteiger partial charge is 0.346 e. The van der Waals surface area contributed by atoms with Crippen LogP contribution >= 0.6 is 11.6 Å². The molecule has 2 aliphatic rings. The van der Waals surface area contributed by atoms with E-state index in [1.807, 2.05) is 4.90 Å². The molecule has 3 heterocycles. The molecule has 1 N–H and O–H groups in total. The lowest BCUT2D eigenvalue weighted by Crippen LogP contribution is -2.33. The summed E-state index contributed by atoms with van der Waals surface area (Å²) in [6.45, 7) is 2.42. The van der Waals surface area contributed by atoms with Crippen molar-refractivity contribution in [2.24, 2.45) is 5.92 Å². The van der Waals surface area contributed by atoms with Crippen molar-refractivity contribution < 1.29 is 9.59 Å². The second kappa shape index (κ2) is 7.52. The molecule has 2 aromatic rings. The first-order valence-electron chi connectivity index (χ1n) is 9.01. The number of aromatic nitrogens is 2. The smallest absolute Gasteiger partial charge is 0.324 e. The average molecular weight is 386 g/mol. The summed E-state index contributed by atoms with van der Waals surface area (Å²) in [5, 5.41) is 3.20. The molecule has 140 valence electrons. The van der Waals surface area contributed by atoms with Gasteiger partial charge in [0.2, 0.25) is 0 Å². The summed E-state index contributed by atoms with van der Waals surface area (Å²) in [6.07, 6.45) is 7.18. The van der Waals surface area contributed by atoms with Gasteiger partial charge in [0.15, 0.2) is 0 Å². The minimum Gasteiger partial charge on any atom is -0.346 e. The van der Waals surface area contributed by atoms with Crippen molar-refractivity contribution in [2.45, 2.75) is 19.4 Å². The third-order valence-corrected chi connectivity index (χ3v) is 5.15. The zero-order valence-corrected chi connectivity index (χ0v) is 15.5. The maximum absolute atomic E-state index is 12.6. The second-order valence-electron chi connectivity index (χ2n) is 6.87. The van der Waals surface area contributed by atoms with Crippen LogP contribution in [0, 0.1) is 5.92 Å². The lowest BCUT2D eigenvalue weighted by atomic mass is 10.2. The van der Waals surface area contributed by atoms with Gasteiger partial charge in [-0.3, -0.25) is 19.7 Å². The molecule has 0 unspecified atom stereocenters. The molecule has 8 heteroatoms. The van der Waals surface area contributed by atoms with E-state index in [4.69, 9.17) is 11.6 Å². The number of hydrogen-bond donors (Lipinski definition) is 1. The van der Waals surface area contributed by atoms with Crippen LogP contribution in [0.5, 0.6) is 0 Å². The minimum absolute atomic E-state index is 0.0115. The minimum atomic E-state index is -0.240. The quantitative estimate of drug-likeness (QED) is 0.829. The number of nitrogens with zero attached hydrogens (tertiary/aromatic N) is 4. The van der Waals surface area contributed by atoms with Gasteiger partial charge in [-0.1, -0.05) is 11.6 Å². The molecule has 0 radical (unpaired) electrons. The molecule has 1 saturated carbocycles. The third kappa shape index (κ3) is 4.03. The molecule has 0 aromatic carbocycles. The van der Waals surface area contributed by atoms with E-state index in [1.54, 1.807) is 35.5 Å². The van der Waals surface area contributed by atoms with Gasteiger partial charge >= 0.3 is 6.03 Å². The number of pyridine rings is 2. The Morgan fingerprint density at radius 3 is 2.85 bits per heavy atom. The van der Waals surface area contributed by atoms with Crippen LogP contribution in [0.3, 0.4) is 0 Å². The first-order valence-corrected chi connectivity index (χ1v) is 9.38. The molecular weight excluding hydrogens is 366 g/mol. The number of carbonyl (C=O) groups excluding carboxylic acids is 2. The Morgan fingerprint density at radius 1 is 1.30 bits per heavy atom. The van der Waals surface area contributed by atoms with E-state index >= 15 is 0 Å². The van der Waals surface area contributed by atoms with E-state index in [9.17, 15) is 9.59 Å². The van der Waals surface area contributed by atoms with E-state index in [1.165, 1.54) is 19.0 Å². The number of rotatable bonds is 6. The van der Waals surface area contributed by atoms with Crippen LogP contribution in [0.25, 0.3) is 0 Å². The maximum atomic E-state index is 12.6. The monoisotopic (exact) mass is 385 g/mol. The highest BCUT2D eigenvalue weighted by Crippen LogP contribution is 2.32. The first kappa shape index (κ1) is 17.7. The average Bonchev–Trinajstić information content (AvgIpc) is 3.43. The number of carbonyl (C=O) groups is 2. The van der Waals surface area contributed by atoms with Gasteiger partial charge in [-0.15, -0.1) is 0 Å². The Morgan fingerprint density at radius 2 is 2.15 bits per heavy atom. The molecule has 1 aliphatic heterocycles. The number of halogens is 1. The van der Waals surface area contributed by atoms with Gasteiger partial charge < -0.3 is 10.2 Å². The van der Waals surface area contributed by atoms with Crippen LogP contribution in [-0.2, 0) is 6.54 Å². The van der Waals surface area contributed by atoms with Crippen LogP contribution in [0.1, 0.15) is 28.9 Å². The fourth-order valence-corrected chi connectivity index (χ4v) is 3.33. The lowest BCUT2D eigenvalue weighted by Gasteiger charge is -2.19. The van der Waals surface area contributed by atoms with E-state index < -0.39 is 0 Å². The fourth-order valence-electron chi connectivity index (χ4n) is 3.10. The number of amides is 3. The Bertz CT molecular complexity index is 856. The van der Waals surface area contributed by atoms with Crippen molar-refractivity contribution in [3.05, 3.63) is 53.1 Å². The van der Waals surface area contributed by atoms with Crippen LogP contribution < -0.4 is 10.2 Å². The van der Waals surface area contributed by atoms with Crippen molar-refractivity contribution in [2.75, 3.05) is 24.5 Å². The highest BCUT2D eigenvalue weighted by Gasteiger charge is 2.34. The predicted octanol–water partition coefficient (Wildman–Crippen LogP) is 2.71. The third-order valence-electron chi connectivity index (χ3n) is 4.83. The Kier molecular flexibility index (Phi) is 4.94. The molecule has 0 bridgehead atoms. The summed E-state index contributed by atoms with van der Waals surface area (Å²) in [5.41, 5.74) is 1.72. The van der Waals surface area contributed by atoms with Crippen molar-refractivity contribution in [1.29, 1.82) is 0 Å². The summed E-state index contributed by atoms with van der Waals surface area (Å²) in [4.78, 5) is 36.5. The lowest BCUT2D eigenvalue weighted by molar-refractivity contribution is 0.0950. The molecule has 1 aliphatic carbocycles. The van der Waals surface area contributed by atoms with Crippen molar-refractivity contribution >= 4 is 29.2 Å². The van der Waals surface area contributed by atoms with Crippen LogP contribution in [-0.4, -0.2) is 46.4 Å². The van der Waals surface area contributed by atoms with Gasteiger partial charge in [0.05, 0.1) is 34.7 Å². The van der Waals surface area contributed by atoms with E-state index in [2.05, 4.69) is 15.3 Å². The number of anilines is 1. The highest BCUT2D eigenvalue weighted by atomic mass is 35.5. The van der Waals surface area contributed by atoms with Gasteiger partial charge in [0, 0.05) is 32.0 Å². The molecule has 0 atom stereocenters. The van der Waals surface area contributed by atoms with Gasteiger partial charge in [-0.05, 0) is 37.0 Å². The van der Waals surface area contributed by atoms with Gasteiger partial charge in [0.25, 0.3) is 5.91 Å². The first-order chi connectivity index (χ1) is 13.1.